The maximum Gasteiger partial charge on any atom is 0.195 e. The number of nitrogens with zero attached hydrogens (tertiary/aromatic N) is 1. The van der Waals surface area contributed by atoms with E-state index in [0.29, 0.717) is 16.9 Å². The Balaban J connectivity index is 1.35. The van der Waals surface area contributed by atoms with Crippen molar-refractivity contribution in [1.82, 2.24) is 4.98 Å². The van der Waals surface area contributed by atoms with E-state index in [9.17, 15) is 13.6 Å². The van der Waals surface area contributed by atoms with Gasteiger partial charge in [0.2, 0.25) is 0 Å². The second kappa shape index (κ2) is 8.70. The summed E-state index contributed by atoms with van der Waals surface area (Å²) in [6, 6.07) is 14.1. The fraction of sp³-hybridized carbons (Fsp3) is 0.0769. The van der Waals surface area contributed by atoms with Crippen LogP contribution in [0.4, 0.5) is 8.78 Å². The zero-order chi connectivity index (χ0) is 22.8. The number of carbonyl (C=O) groups is 1. The number of Topliss-reactive ketones (excluding diaryl/α,β-unsaturated/α-hetero) is 1. The number of hydrogen-bond acceptors (Lipinski definition) is 5. The average Bonchev–Trinajstić information content (AvgIpc) is 3.46. The van der Waals surface area contributed by atoms with Crippen molar-refractivity contribution in [2.75, 3.05) is 13.2 Å². The molecule has 4 aromatic rings. The monoisotopic (exact) mass is 445 g/mol. The number of aromatic nitrogens is 1. The quantitative estimate of drug-likeness (QED) is 0.348. The van der Waals surface area contributed by atoms with Gasteiger partial charge in [0, 0.05) is 46.3 Å². The molecule has 1 aliphatic carbocycles. The first kappa shape index (κ1) is 20.6. The van der Waals surface area contributed by atoms with Crippen LogP contribution in [0.3, 0.4) is 0 Å². The maximum atomic E-state index is 13.4. The Morgan fingerprint density at radius 1 is 0.818 bits per heavy atom. The number of hydrogen-bond donors (Lipinski definition) is 0. The number of halogens is 2. The zero-order valence-electron chi connectivity index (χ0n) is 17.3. The third-order valence-electron chi connectivity index (χ3n) is 5.25. The van der Waals surface area contributed by atoms with Crippen LogP contribution in [0.15, 0.2) is 83.9 Å². The summed E-state index contributed by atoms with van der Waals surface area (Å²) in [7, 11) is 0. The number of ether oxygens (including phenoxy) is 2. The molecule has 0 saturated heterocycles. The summed E-state index contributed by atoms with van der Waals surface area (Å²) in [6.45, 7) is 0.277. The smallest absolute Gasteiger partial charge is 0.195 e. The van der Waals surface area contributed by atoms with Crippen LogP contribution in [-0.2, 0) is 0 Å². The van der Waals surface area contributed by atoms with Gasteiger partial charge in [-0.15, -0.1) is 0 Å². The van der Waals surface area contributed by atoms with E-state index in [1.807, 2.05) is 18.2 Å². The van der Waals surface area contributed by atoms with Gasteiger partial charge in [0.15, 0.2) is 17.4 Å². The van der Waals surface area contributed by atoms with Crippen molar-refractivity contribution in [1.29, 1.82) is 0 Å². The number of carbonyl (C=O) groups excluding carboxylic acids is 1. The molecule has 0 atom stereocenters. The van der Waals surface area contributed by atoms with Crippen LogP contribution >= 0.6 is 0 Å². The lowest BCUT2D eigenvalue weighted by Gasteiger charge is -2.10. The van der Waals surface area contributed by atoms with Crippen molar-refractivity contribution in [3.63, 3.8) is 0 Å². The van der Waals surface area contributed by atoms with Crippen LogP contribution in [0.25, 0.3) is 11.1 Å². The number of fused-ring (bicyclic) bond motifs is 1. The molecule has 0 amide bonds. The van der Waals surface area contributed by atoms with Crippen LogP contribution in [0.5, 0.6) is 11.5 Å². The van der Waals surface area contributed by atoms with Gasteiger partial charge >= 0.3 is 0 Å². The van der Waals surface area contributed by atoms with Gasteiger partial charge in [0.05, 0.1) is 12.5 Å². The van der Waals surface area contributed by atoms with E-state index in [0.717, 1.165) is 34.4 Å². The summed E-state index contributed by atoms with van der Waals surface area (Å²) >= 11 is 0. The highest BCUT2D eigenvalue weighted by Gasteiger charge is 2.32. The van der Waals surface area contributed by atoms with Gasteiger partial charge in [0.25, 0.3) is 0 Å². The Kier molecular flexibility index (Phi) is 5.44. The molecule has 0 saturated carbocycles. The number of pyridine rings is 1. The molecular weight excluding hydrogens is 428 g/mol. The van der Waals surface area contributed by atoms with Gasteiger partial charge in [-0.3, -0.25) is 9.78 Å². The minimum atomic E-state index is -0.976. The summed E-state index contributed by atoms with van der Waals surface area (Å²) in [5.74, 6) is -1.34. The summed E-state index contributed by atoms with van der Waals surface area (Å²) in [4.78, 5) is 17.5. The molecule has 7 heteroatoms. The highest BCUT2D eigenvalue weighted by Crippen LogP contribution is 2.43. The number of ketones is 1. The average molecular weight is 445 g/mol. The van der Waals surface area contributed by atoms with Crippen LogP contribution in [0.2, 0.25) is 0 Å². The van der Waals surface area contributed by atoms with E-state index in [2.05, 4.69) is 4.98 Å². The molecular formula is C26H17F2NO4. The zero-order valence-corrected chi connectivity index (χ0v) is 17.3. The minimum Gasteiger partial charge on any atom is -0.490 e. The molecule has 0 N–H and O–H groups in total. The molecule has 0 radical (unpaired) electrons. The lowest BCUT2D eigenvalue weighted by Crippen LogP contribution is -2.09. The van der Waals surface area contributed by atoms with E-state index in [1.54, 1.807) is 43.1 Å². The molecule has 1 aliphatic rings. The number of rotatable bonds is 7. The molecule has 0 spiro atoms. The second-order valence-electron chi connectivity index (χ2n) is 7.31. The molecule has 0 fully saturated rings. The number of furan rings is 1. The first-order valence-electron chi connectivity index (χ1n) is 10.2. The first-order valence-corrected chi connectivity index (χ1v) is 10.2. The van der Waals surface area contributed by atoms with Crippen LogP contribution in [0.1, 0.15) is 27.0 Å². The normalized spacial score (nSPS) is 12.7. The van der Waals surface area contributed by atoms with Crippen LogP contribution < -0.4 is 9.47 Å². The van der Waals surface area contributed by atoms with Crippen molar-refractivity contribution in [3.8, 4) is 11.5 Å². The van der Waals surface area contributed by atoms with E-state index in [4.69, 9.17) is 13.9 Å². The summed E-state index contributed by atoms with van der Waals surface area (Å²) in [6.07, 6.45) is 6.49. The van der Waals surface area contributed by atoms with Gasteiger partial charge in [-0.05, 0) is 48.0 Å². The molecule has 0 unspecified atom stereocenters. The number of benzene rings is 2. The Labute approximate surface area is 187 Å². The molecule has 0 aliphatic heterocycles. The number of allylic oxidation sites excluding steroid dienone is 1. The Morgan fingerprint density at radius 2 is 1.61 bits per heavy atom. The van der Waals surface area contributed by atoms with Gasteiger partial charge in [0.1, 0.15) is 24.7 Å². The molecule has 2 aromatic heterocycles. The van der Waals surface area contributed by atoms with Crippen molar-refractivity contribution in [2.24, 2.45) is 0 Å². The van der Waals surface area contributed by atoms with E-state index in [1.165, 1.54) is 6.07 Å². The van der Waals surface area contributed by atoms with Crippen LogP contribution in [0, 0.1) is 11.6 Å². The Bertz CT molecular complexity index is 1350. The minimum absolute atomic E-state index is 0.121. The topological polar surface area (TPSA) is 61.6 Å². The van der Waals surface area contributed by atoms with Crippen molar-refractivity contribution in [2.45, 2.75) is 0 Å². The molecule has 5 rings (SSSR count). The molecule has 0 bridgehead atoms. The highest BCUT2D eigenvalue weighted by molar-refractivity contribution is 6.41. The van der Waals surface area contributed by atoms with E-state index < -0.39 is 11.6 Å². The van der Waals surface area contributed by atoms with Gasteiger partial charge in [-0.25, -0.2) is 8.78 Å². The summed E-state index contributed by atoms with van der Waals surface area (Å²) in [5.41, 5.74) is 4.16. The van der Waals surface area contributed by atoms with Crippen molar-refractivity contribution < 1.29 is 27.5 Å². The lowest BCUT2D eigenvalue weighted by molar-refractivity contribution is 0.105. The largest absolute Gasteiger partial charge is 0.490 e. The second-order valence-corrected chi connectivity index (χ2v) is 7.31. The van der Waals surface area contributed by atoms with Gasteiger partial charge in [-0.1, -0.05) is 6.07 Å². The Hall–Kier alpha value is -4.26. The fourth-order valence-corrected chi connectivity index (χ4v) is 3.78. The predicted octanol–water partition coefficient (Wildman–Crippen LogP) is 5.57. The molecule has 164 valence electrons. The standard InChI is InChI=1S/C26H17F2NO4/c27-22-6-4-19(13-23(22)28)33-11-10-32-18-3-5-20-21(12-18)26(30)25(16-2-1-8-29-14-16)24(20)17-7-9-31-15-17/h1-9,12-15H,10-11H2. The van der Waals surface area contributed by atoms with Gasteiger partial charge < -0.3 is 13.9 Å². The molecule has 2 heterocycles. The van der Waals surface area contributed by atoms with Crippen molar-refractivity contribution >= 4 is 16.9 Å². The maximum absolute atomic E-state index is 13.4. The predicted molar refractivity (Wildman–Crippen MR) is 117 cm³/mol. The summed E-state index contributed by atoms with van der Waals surface area (Å²) in [5, 5.41) is 0. The third kappa shape index (κ3) is 4.01. The van der Waals surface area contributed by atoms with Gasteiger partial charge in [-0.2, -0.15) is 0 Å². The lowest BCUT2D eigenvalue weighted by atomic mass is 9.97. The fourth-order valence-electron chi connectivity index (χ4n) is 3.78. The van der Waals surface area contributed by atoms with Crippen molar-refractivity contribution in [3.05, 3.63) is 113 Å². The van der Waals surface area contributed by atoms with E-state index in [-0.39, 0.29) is 24.7 Å². The Morgan fingerprint density at radius 3 is 2.30 bits per heavy atom. The first-order chi connectivity index (χ1) is 16.1. The summed E-state index contributed by atoms with van der Waals surface area (Å²) < 4.78 is 42.7. The highest BCUT2D eigenvalue weighted by atomic mass is 19.2. The SMILES string of the molecule is O=C1C(c2cccnc2)=C(c2ccoc2)c2ccc(OCCOc3ccc(F)c(F)c3)cc21. The molecule has 33 heavy (non-hydrogen) atoms. The molecule has 5 nitrogen and oxygen atoms in total. The molecule has 2 aromatic carbocycles. The van der Waals surface area contributed by atoms with Crippen LogP contribution in [-0.4, -0.2) is 24.0 Å². The third-order valence-corrected chi connectivity index (χ3v) is 5.25. The van der Waals surface area contributed by atoms with E-state index >= 15 is 0 Å².